The van der Waals surface area contributed by atoms with Gasteiger partial charge in [0.2, 0.25) is 5.88 Å². The molecule has 1 heterocycles. The zero-order valence-corrected chi connectivity index (χ0v) is 13.2. The molecule has 0 aliphatic heterocycles. The smallest absolute Gasteiger partial charge is 0.213 e. The van der Waals surface area contributed by atoms with Gasteiger partial charge in [0.05, 0.1) is 6.61 Å². The fourth-order valence-electron chi connectivity index (χ4n) is 1.77. The quantitative estimate of drug-likeness (QED) is 0.669. The van der Waals surface area contributed by atoms with E-state index in [0.29, 0.717) is 25.0 Å². The van der Waals surface area contributed by atoms with Crippen LogP contribution in [0.15, 0.2) is 12.1 Å². The van der Waals surface area contributed by atoms with Crippen molar-refractivity contribution in [2.24, 2.45) is 5.92 Å². The van der Waals surface area contributed by atoms with Gasteiger partial charge in [-0.15, -0.1) is 0 Å². The average Bonchev–Trinajstić information content (AvgIpc) is 2.44. The van der Waals surface area contributed by atoms with E-state index in [0.717, 1.165) is 31.8 Å². The van der Waals surface area contributed by atoms with Crippen LogP contribution in [0.25, 0.3) is 0 Å². The van der Waals surface area contributed by atoms with Crippen LogP contribution in [0.4, 0.5) is 0 Å². The topological polar surface area (TPSA) is 43.4 Å². The summed E-state index contributed by atoms with van der Waals surface area (Å²) >= 11 is 0. The van der Waals surface area contributed by atoms with Crippen LogP contribution in [-0.4, -0.2) is 31.3 Å². The molecule has 0 atom stereocenters. The van der Waals surface area contributed by atoms with Crippen LogP contribution in [-0.2, 0) is 17.7 Å². The van der Waals surface area contributed by atoms with Crippen molar-refractivity contribution < 1.29 is 9.47 Å². The summed E-state index contributed by atoms with van der Waals surface area (Å²) in [4.78, 5) is 4.49. The standard InChI is InChI=1S/C16H28N2O2/c1-5-15-9-14(11-17-6-2)10-16(18-15)20-8-7-19-12-13(3)4/h9-10,13,17H,5-8,11-12H2,1-4H3. The van der Waals surface area contributed by atoms with E-state index in [2.05, 4.69) is 44.1 Å². The molecule has 0 aliphatic rings. The molecular formula is C16H28N2O2. The Morgan fingerprint density at radius 1 is 1.20 bits per heavy atom. The number of ether oxygens (including phenoxy) is 2. The normalized spacial score (nSPS) is 11.1. The van der Waals surface area contributed by atoms with Gasteiger partial charge in [0.25, 0.3) is 0 Å². The van der Waals surface area contributed by atoms with E-state index in [4.69, 9.17) is 9.47 Å². The van der Waals surface area contributed by atoms with Gasteiger partial charge in [0, 0.05) is 24.9 Å². The largest absolute Gasteiger partial charge is 0.475 e. The summed E-state index contributed by atoms with van der Waals surface area (Å²) in [5.41, 5.74) is 2.29. The van der Waals surface area contributed by atoms with Gasteiger partial charge in [-0.3, -0.25) is 0 Å². The molecule has 4 nitrogen and oxygen atoms in total. The summed E-state index contributed by atoms with van der Waals surface area (Å²) in [5, 5.41) is 3.32. The van der Waals surface area contributed by atoms with Crippen molar-refractivity contribution >= 4 is 0 Å². The lowest BCUT2D eigenvalue weighted by Gasteiger charge is -2.11. The second-order valence-electron chi connectivity index (χ2n) is 5.26. The maximum atomic E-state index is 5.69. The Kier molecular flexibility index (Phi) is 8.23. The zero-order chi connectivity index (χ0) is 14.8. The van der Waals surface area contributed by atoms with Gasteiger partial charge < -0.3 is 14.8 Å². The van der Waals surface area contributed by atoms with Gasteiger partial charge in [0.1, 0.15) is 6.61 Å². The van der Waals surface area contributed by atoms with Gasteiger partial charge >= 0.3 is 0 Å². The molecule has 0 fully saturated rings. The Hall–Kier alpha value is -1.13. The first-order valence-electron chi connectivity index (χ1n) is 7.56. The number of nitrogens with zero attached hydrogens (tertiary/aromatic N) is 1. The molecule has 1 aromatic rings. The summed E-state index contributed by atoms with van der Waals surface area (Å²) in [6.07, 6.45) is 0.917. The Labute approximate surface area is 122 Å². The lowest BCUT2D eigenvalue weighted by atomic mass is 10.2. The van der Waals surface area contributed by atoms with Gasteiger partial charge in [-0.1, -0.05) is 27.7 Å². The SMILES string of the molecule is CCNCc1cc(CC)nc(OCCOCC(C)C)c1. The maximum absolute atomic E-state index is 5.69. The van der Waals surface area contributed by atoms with Gasteiger partial charge in [-0.05, 0) is 30.5 Å². The first-order valence-corrected chi connectivity index (χ1v) is 7.56. The fraction of sp³-hybridized carbons (Fsp3) is 0.688. The number of hydrogen-bond donors (Lipinski definition) is 1. The highest BCUT2D eigenvalue weighted by Crippen LogP contribution is 2.13. The van der Waals surface area contributed by atoms with Gasteiger partial charge in [0.15, 0.2) is 0 Å². The van der Waals surface area contributed by atoms with E-state index >= 15 is 0 Å². The van der Waals surface area contributed by atoms with Crippen molar-refractivity contribution in [3.8, 4) is 5.88 Å². The van der Waals surface area contributed by atoms with Crippen LogP contribution >= 0.6 is 0 Å². The minimum absolute atomic E-state index is 0.549. The molecule has 0 aromatic carbocycles. The van der Waals surface area contributed by atoms with Crippen LogP contribution in [0.5, 0.6) is 5.88 Å². The first kappa shape index (κ1) is 16.9. The molecule has 0 amide bonds. The molecule has 0 unspecified atom stereocenters. The van der Waals surface area contributed by atoms with Crippen LogP contribution in [0.1, 0.15) is 39.0 Å². The van der Waals surface area contributed by atoms with Crippen molar-refractivity contribution in [1.29, 1.82) is 0 Å². The minimum atomic E-state index is 0.549. The van der Waals surface area contributed by atoms with E-state index in [1.165, 1.54) is 5.56 Å². The number of pyridine rings is 1. The molecule has 0 radical (unpaired) electrons. The van der Waals surface area contributed by atoms with Crippen LogP contribution in [0.2, 0.25) is 0 Å². The second kappa shape index (κ2) is 9.72. The Morgan fingerprint density at radius 2 is 2.00 bits per heavy atom. The Bertz CT molecular complexity index is 381. The summed E-state index contributed by atoms with van der Waals surface area (Å²) in [6, 6.07) is 4.13. The lowest BCUT2D eigenvalue weighted by molar-refractivity contribution is 0.0805. The molecule has 20 heavy (non-hydrogen) atoms. The number of hydrogen-bond acceptors (Lipinski definition) is 4. The van der Waals surface area contributed by atoms with Crippen LogP contribution in [0, 0.1) is 5.92 Å². The van der Waals surface area contributed by atoms with Crippen molar-refractivity contribution in [3.63, 3.8) is 0 Å². The third-order valence-corrected chi connectivity index (χ3v) is 2.78. The third kappa shape index (κ3) is 6.87. The maximum Gasteiger partial charge on any atom is 0.213 e. The molecular weight excluding hydrogens is 252 g/mol. The Morgan fingerprint density at radius 3 is 2.65 bits per heavy atom. The number of rotatable bonds is 10. The van der Waals surface area contributed by atoms with Gasteiger partial charge in [-0.2, -0.15) is 0 Å². The van der Waals surface area contributed by atoms with E-state index in [1.54, 1.807) is 0 Å². The zero-order valence-electron chi connectivity index (χ0n) is 13.2. The number of aryl methyl sites for hydroxylation is 1. The average molecular weight is 280 g/mol. The monoisotopic (exact) mass is 280 g/mol. The highest BCUT2D eigenvalue weighted by Gasteiger charge is 2.03. The lowest BCUT2D eigenvalue weighted by Crippen LogP contribution is -2.14. The van der Waals surface area contributed by atoms with E-state index < -0.39 is 0 Å². The van der Waals surface area contributed by atoms with Crippen molar-refractivity contribution in [2.45, 2.75) is 40.7 Å². The molecule has 0 bridgehead atoms. The highest BCUT2D eigenvalue weighted by atomic mass is 16.5. The highest BCUT2D eigenvalue weighted by molar-refractivity contribution is 5.25. The van der Waals surface area contributed by atoms with Crippen LogP contribution in [0.3, 0.4) is 0 Å². The van der Waals surface area contributed by atoms with Crippen molar-refractivity contribution in [3.05, 3.63) is 23.4 Å². The third-order valence-electron chi connectivity index (χ3n) is 2.78. The molecule has 0 spiro atoms. The fourth-order valence-corrected chi connectivity index (χ4v) is 1.77. The van der Waals surface area contributed by atoms with E-state index in [1.807, 2.05) is 6.07 Å². The second-order valence-corrected chi connectivity index (χ2v) is 5.26. The molecule has 1 aromatic heterocycles. The minimum Gasteiger partial charge on any atom is -0.475 e. The van der Waals surface area contributed by atoms with E-state index in [-0.39, 0.29) is 0 Å². The number of aromatic nitrogens is 1. The Balaban J connectivity index is 2.46. The molecule has 0 aliphatic carbocycles. The molecule has 114 valence electrons. The van der Waals surface area contributed by atoms with Crippen LogP contribution < -0.4 is 10.1 Å². The first-order chi connectivity index (χ1) is 9.65. The molecule has 0 saturated heterocycles. The molecule has 4 heteroatoms. The summed E-state index contributed by atoms with van der Waals surface area (Å²) in [7, 11) is 0. The van der Waals surface area contributed by atoms with Crippen molar-refractivity contribution in [2.75, 3.05) is 26.4 Å². The molecule has 0 saturated carbocycles. The predicted octanol–water partition coefficient (Wildman–Crippen LogP) is 2.80. The van der Waals surface area contributed by atoms with E-state index in [9.17, 15) is 0 Å². The summed E-state index contributed by atoms with van der Waals surface area (Å²) in [5.74, 6) is 1.26. The van der Waals surface area contributed by atoms with Crippen molar-refractivity contribution in [1.82, 2.24) is 10.3 Å². The molecule has 1 rings (SSSR count). The predicted molar refractivity (Wildman–Crippen MR) is 82.1 cm³/mol. The molecule has 1 N–H and O–H groups in total. The summed E-state index contributed by atoms with van der Waals surface area (Å²) < 4.78 is 11.2. The van der Waals surface area contributed by atoms with Gasteiger partial charge in [-0.25, -0.2) is 4.98 Å². The number of nitrogens with one attached hydrogen (secondary N) is 1. The summed E-state index contributed by atoms with van der Waals surface area (Å²) in [6.45, 7) is 12.2.